The zero-order chi connectivity index (χ0) is 11.1. The molecule has 0 spiro atoms. The Morgan fingerprint density at radius 3 is 2.81 bits per heavy atom. The lowest BCUT2D eigenvalue weighted by molar-refractivity contribution is 0.0703. The number of pyridine rings is 1. The highest BCUT2D eigenvalue weighted by atomic mass is 35.5. The molecule has 0 N–H and O–H groups in total. The third-order valence-electron chi connectivity index (χ3n) is 3.51. The van der Waals surface area contributed by atoms with Crippen LogP contribution in [0, 0.1) is 0 Å². The Morgan fingerprint density at radius 2 is 2.06 bits per heavy atom. The van der Waals surface area contributed by atoms with Crippen molar-refractivity contribution in [2.75, 3.05) is 0 Å². The number of rotatable bonds is 1. The molecule has 0 saturated heterocycles. The van der Waals surface area contributed by atoms with E-state index in [1.165, 1.54) is 12.8 Å². The highest BCUT2D eigenvalue weighted by Gasteiger charge is 2.35. The summed E-state index contributed by atoms with van der Waals surface area (Å²) in [7, 11) is 0. The van der Waals surface area contributed by atoms with Gasteiger partial charge in [0.1, 0.15) is 10.8 Å². The summed E-state index contributed by atoms with van der Waals surface area (Å²) < 4.78 is 0. The summed E-state index contributed by atoms with van der Waals surface area (Å²) in [6.45, 7) is 0.711. The molecule has 2 heterocycles. The molecular weight excluding hydrogens is 224 g/mol. The first kappa shape index (κ1) is 10.1. The number of carbonyl (C=O) groups excluding carboxylic acids is 1. The zero-order valence-corrected chi connectivity index (χ0v) is 9.70. The van der Waals surface area contributed by atoms with Crippen molar-refractivity contribution < 1.29 is 4.79 Å². The average molecular weight is 237 g/mol. The smallest absolute Gasteiger partial charge is 0.273 e. The van der Waals surface area contributed by atoms with E-state index in [-0.39, 0.29) is 5.91 Å². The summed E-state index contributed by atoms with van der Waals surface area (Å²) in [5, 5.41) is 0.403. The molecule has 1 saturated carbocycles. The standard InChI is InChI=1S/C12H13ClN2O/c13-10-6-5-8-7-15(9-3-1-2-4-9)12(16)11(8)14-10/h5-6,9H,1-4,7H2. The van der Waals surface area contributed by atoms with E-state index >= 15 is 0 Å². The van der Waals surface area contributed by atoms with Crippen LogP contribution in [0.1, 0.15) is 41.7 Å². The Hall–Kier alpha value is -1.09. The third kappa shape index (κ3) is 1.50. The number of halogens is 1. The highest BCUT2D eigenvalue weighted by molar-refractivity contribution is 6.29. The maximum Gasteiger partial charge on any atom is 0.273 e. The van der Waals surface area contributed by atoms with E-state index in [4.69, 9.17) is 11.6 Å². The maximum absolute atomic E-state index is 12.1. The molecule has 0 aromatic carbocycles. The molecule has 84 valence electrons. The third-order valence-corrected chi connectivity index (χ3v) is 3.72. The van der Waals surface area contributed by atoms with Crippen LogP contribution < -0.4 is 0 Å². The lowest BCUT2D eigenvalue weighted by Gasteiger charge is -2.22. The fourth-order valence-corrected chi connectivity index (χ4v) is 2.83. The topological polar surface area (TPSA) is 33.2 Å². The molecule has 1 aromatic rings. The van der Waals surface area contributed by atoms with Gasteiger partial charge in [-0.05, 0) is 18.9 Å². The lowest BCUT2D eigenvalue weighted by Crippen LogP contribution is -2.33. The van der Waals surface area contributed by atoms with Gasteiger partial charge in [0, 0.05) is 18.2 Å². The van der Waals surface area contributed by atoms with Crippen molar-refractivity contribution in [3.05, 3.63) is 28.5 Å². The van der Waals surface area contributed by atoms with Crippen LogP contribution in [0.15, 0.2) is 12.1 Å². The molecule has 1 aromatic heterocycles. The van der Waals surface area contributed by atoms with E-state index in [2.05, 4.69) is 4.98 Å². The van der Waals surface area contributed by atoms with Gasteiger partial charge in [-0.3, -0.25) is 4.79 Å². The second-order valence-electron chi connectivity index (χ2n) is 4.51. The maximum atomic E-state index is 12.1. The minimum atomic E-state index is 0.0596. The fourth-order valence-electron chi connectivity index (χ4n) is 2.68. The van der Waals surface area contributed by atoms with Crippen LogP contribution in [0.2, 0.25) is 5.15 Å². The zero-order valence-electron chi connectivity index (χ0n) is 8.95. The summed E-state index contributed by atoms with van der Waals surface area (Å²) in [5.74, 6) is 0.0596. The number of aromatic nitrogens is 1. The molecule has 3 rings (SSSR count). The normalized spacial score (nSPS) is 20.6. The molecule has 1 amide bonds. The molecule has 1 fully saturated rings. The van der Waals surface area contributed by atoms with Crippen LogP contribution in [-0.2, 0) is 6.54 Å². The SMILES string of the molecule is O=C1c2nc(Cl)ccc2CN1C1CCCC1. The van der Waals surface area contributed by atoms with Gasteiger partial charge in [0.25, 0.3) is 5.91 Å². The van der Waals surface area contributed by atoms with Gasteiger partial charge in [-0.15, -0.1) is 0 Å². The Morgan fingerprint density at radius 1 is 1.31 bits per heavy atom. The van der Waals surface area contributed by atoms with Crippen LogP contribution in [0.4, 0.5) is 0 Å². The van der Waals surface area contributed by atoms with E-state index < -0.39 is 0 Å². The second kappa shape index (κ2) is 3.74. The lowest BCUT2D eigenvalue weighted by atomic mass is 10.2. The molecule has 4 heteroatoms. The molecule has 0 radical (unpaired) electrons. The second-order valence-corrected chi connectivity index (χ2v) is 4.90. The first-order valence-corrected chi connectivity index (χ1v) is 6.10. The molecule has 0 unspecified atom stereocenters. The predicted octanol–water partition coefficient (Wildman–Crippen LogP) is 2.63. The van der Waals surface area contributed by atoms with Gasteiger partial charge in [0.15, 0.2) is 0 Å². The molecular formula is C12H13ClN2O. The molecule has 3 nitrogen and oxygen atoms in total. The monoisotopic (exact) mass is 236 g/mol. The number of fused-ring (bicyclic) bond motifs is 1. The molecule has 2 aliphatic rings. The van der Waals surface area contributed by atoms with Crippen LogP contribution >= 0.6 is 11.6 Å². The van der Waals surface area contributed by atoms with Crippen LogP contribution in [0.25, 0.3) is 0 Å². The van der Waals surface area contributed by atoms with Crippen molar-refractivity contribution in [2.45, 2.75) is 38.3 Å². The highest BCUT2D eigenvalue weighted by Crippen LogP contribution is 2.31. The predicted molar refractivity (Wildman–Crippen MR) is 61.4 cm³/mol. The van der Waals surface area contributed by atoms with Crippen molar-refractivity contribution in [3.8, 4) is 0 Å². The Balaban J connectivity index is 1.91. The fraction of sp³-hybridized carbons (Fsp3) is 0.500. The number of hydrogen-bond donors (Lipinski definition) is 0. The summed E-state index contributed by atoms with van der Waals surface area (Å²) in [5.41, 5.74) is 1.57. The molecule has 0 atom stereocenters. The van der Waals surface area contributed by atoms with Gasteiger partial charge >= 0.3 is 0 Å². The molecule has 0 bridgehead atoms. The first-order chi connectivity index (χ1) is 7.75. The van der Waals surface area contributed by atoms with Gasteiger partial charge in [-0.2, -0.15) is 0 Å². The van der Waals surface area contributed by atoms with Crippen molar-refractivity contribution >= 4 is 17.5 Å². The largest absolute Gasteiger partial charge is 0.330 e. The van der Waals surface area contributed by atoms with E-state index in [1.807, 2.05) is 11.0 Å². The van der Waals surface area contributed by atoms with Crippen molar-refractivity contribution in [1.29, 1.82) is 0 Å². The van der Waals surface area contributed by atoms with Crippen molar-refractivity contribution in [3.63, 3.8) is 0 Å². The quantitative estimate of drug-likeness (QED) is 0.703. The Bertz CT molecular complexity index is 441. The number of carbonyl (C=O) groups is 1. The van der Waals surface area contributed by atoms with Crippen molar-refractivity contribution in [2.24, 2.45) is 0 Å². The van der Waals surface area contributed by atoms with Gasteiger partial charge in [-0.1, -0.05) is 30.5 Å². The van der Waals surface area contributed by atoms with Crippen LogP contribution in [-0.4, -0.2) is 21.8 Å². The van der Waals surface area contributed by atoms with Gasteiger partial charge in [-0.25, -0.2) is 4.98 Å². The number of hydrogen-bond acceptors (Lipinski definition) is 2. The summed E-state index contributed by atoms with van der Waals surface area (Å²) in [6, 6.07) is 4.09. The minimum absolute atomic E-state index is 0.0596. The van der Waals surface area contributed by atoms with E-state index in [9.17, 15) is 4.79 Å². The average Bonchev–Trinajstić information content (AvgIpc) is 2.87. The number of amides is 1. The summed E-state index contributed by atoms with van der Waals surface area (Å²) in [4.78, 5) is 18.2. The first-order valence-electron chi connectivity index (χ1n) is 5.72. The molecule has 1 aliphatic carbocycles. The van der Waals surface area contributed by atoms with Crippen molar-refractivity contribution in [1.82, 2.24) is 9.88 Å². The Labute approximate surface area is 99.4 Å². The van der Waals surface area contributed by atoms with Crippen LogP contribution in [0.3, 0.4) is 0 Å². The van der Waals surface area contributed by atoms with Gasteiger partial charge < -0.3 is 4.90 Å². The molecule has 16 heavy (non-hydrogen) atoms. The van der Waals surface area contributed by atoms with Gasteiger partial charge in [0.2, 0.25) is 0 Å². The Kier molecular flexibility index (Phi) is 2.36. The van der Waals surface area contributed by atoms with E-state index in [1.54, 1.807) is 6.07 Å². The van der Waals surface area contributed by atoms with Crippen LogP contribution in [0.5, 0.6) is 0 Å². The van der Waals surface area contributed by atoms with Gasteiger partial charge in [0.05, 0.1) is 0 Å². The number of nitrogens with zero attached hydrogens (tertiary/aromatic N) is 2. The van der Waals surface area contributed by atoms with E-state index in [0.29, 0.717) is 23.4 Å². The summed E-state index contributed by atoms with van der Waals surface area (Å²) >= 11 is 5.81. The summed E-state index contributed by atoms with van der Waals surface area (Å²) in [6.07, 6.45) is 4.73. The molecule has 1 aliphatic heterocycles. The minimum Gasteiger partial charge on any atom is -0.330 e. The van der Waals surface area contributed by atoms with E-state index in [0.717, 1.165) is 18.4 Å².